The highest BCUT2D eigenvalue weighted by molar-refractivity contribution is 5.90. The average molecular weight is 463 g/mol. The minimum Gasteiger partial charge on any atom is -0.468 e. The van der Waals surface area contributed by atoms with E-state index in [1.54, 1.807) is 24.1 Å². The Bertz CT molecular complexity index is 1180. The Morgan fingerprint density at radius 1 is 1.03 bits per heavy atom. The van der Waals surface area contributed by atoms with E-state index in [4.69, 9.17) is 9.47 Å². The molecule has 1 saturated carbocycles. The lowest BCUT2D eigenvalue weighted by Gasteiger charge is -2.17. The maximum atomic E-state index is 12.4. The van der Waals surface area contributed by atoms with Crippen molar-refractivity contribution in [2.24, 2.45) is 13.0 Å². The number of aryl methyl sites for hydroxylation is 1. The number of nitrogens with zero attached hydrogens (tertiary/aromatic N) is 3. The number of carbonyl (C=O) groups is 2. The zero-order valence-corrected chi connectivity index (χ0v) is 20.2. The quantitative estimate of drug-likeness (QED) is 0.500. The Labute approximate surface area is 199 Å². The van der Waals surface area contributed by atoms with Crippen molar-refractivity contribution in [1.29, 1.82) is 0 Å². The zero-order valence-electron chi connectivity index (χ0n) is 20.2. The van der Waals surface area contributed by atoms with E-state index in [0.717, 1.165) is 40.8 Å². The molecule has 34 heavy (non-hydrogen) atoms. The molecule has 1 amide bonds. The molecule has 8 heteroatoms. The number of hydrogen-bond acceptors (Lipinski definition) is 6. The summed E-state index contributed by atoms with van der Waals surface area (Å²) in [5.74, 6) is 0.589. The first-order valence-corrected chi connectivity index (χ1v) is 11.4. The molecule has 1 aliphatic rings. The first-order chi connectivity index (χ1) is 16.2. The summed E-state index contributed by atoms with van der Waals surface area (Å²) in [5.41, 5.74) is 3.82. The smallest absolute Gasteiger partial charge is 0.413 e. The van der Waals surface area contributed by atoms with Crippen molar-refractivity contribution in [3.05, 3.63) is 54.4 Å². The molecule has 1 unspecified atom stereocenters. The van der Waals surface area contributed by atoms with Gasteiger partial charge in [0.1, 0.15) is 11.9 Å². The lowest BCUT2D eigenvalue weighted by atomic mass is 9.97. The standard InChI is InChI=1S/C26H30N4O4/c1-16(2)17(3)34-25(32)29-23-21(15-28-30(23)4)18-6-8-19(9-7-18)22-11-10-20(14-27-22)26(12-13-26)24(31)33-5/h6-11,14-17H,12-13H2,1-5H3,(H,29,32). The molecule has 1 atom stereocenters. The summed E-state index contributed by atoms with van der Waals surface area (Å²) in [4.78, 5) is 29.0. The van der Waals surface area contributed by atoms with Crippen LogP contribution in [0.2, 0.25) is 0 Å². The van der Waals surface area contributed by atoms with E-state index in [1.165, 1.54) is 7.11 Å². The molecule has 178 valence electrons. The molecule has 0 bridgehead atoms. The third-order valence-electron chi connectivity index (χ3n) is 6.52. The fourth-order valence-electron chi connectivity index (χ4n) is 3.83. The molecule has 0 aliphatic heterocycles. The number of amides is 1. The summed E-state index contributed by atoms with van der Waals surface area (Å²) in [5, 5.41) is 7.12. The third kappa shape index (κ3) is 4.53. The van der Waals surface area contributed by atoms with E-state index in [9.17, 15) is 9.59 Å². The maximum absolute atomic E-state index is 12.4. The number of ether oxygens (including phenoxy) is 2. The Morgan fingerprint density at radius 3 is 2.26 bits per heavy atom. The average Bonchev–Trinajstić information content (AvgIpc) is 3.58. The minimum atomic E-state index is -0.526. The third-order valence-corrected chi connectivity index (χ3v) is 6.52. The van der Waals surface area contributed by atoms with Crippen LogP contribution >= 0.6 is 0 Å². The minimum absolute atomic E-state index is 0.197. The van der Waals surface area contributed by atoms with E-state index in [-0.39, 0.29) is 18.0 Å². The lowest BCUT2D eigenvalue weighted by molar-refractivity contribution is -0.143. The number of esters is 1. The number of anilines is 1. The van der Waals surface area contributed by atoms with Crippen LogP contribution in [-0.2, 0) is 26.7 Å². The second kappa shape index (κ2) is 9.29. The summed E-state index contributed by atoms with van der Waals surface area (Å²) in [6, 6.07) is 11.8. The van der Waals surface area contributed by atoms with Crippen molar-refractivity contribution in [3.63, 3.8) is 0 Å². The van der Waals surface area contributed by atoms with Gasteiger partial charge in [0.2, 0.25) is 0 Å². The molecule has 0 spiro atoms. The number of carbonyl (C=O) groups excluding carboxylic acids is 2. The van der Waals surface area contributed by atoms with Crippen molar-refractivity contribution < 1.29 is 19.1 Å². The van der Waals surface area contributed by atoms with Gasteiger partial charge >= 0.3 is 12.1 Å². The molecule has 2 aromatic heterocycles. The summed E-state index contributed by atoms with van der Waals surface area (Å²) in [6.45, 7) is 5.87. The molecule has 1 aromatic carbocycles. The van der Waals surface area contributed by atoms with Crippen LogP contribution < -0.4 is 5.32 Å². The van der Waals surface area contributed by atoms with Gasteiger partial charge in [-0.1, -0.05) is 44.2 Å². The van der Waals surface area contributed by atoms with E-state index in [2.05, 4.69) is 15.4 Å². The topological polar surface area (TPSA) is 95.3 Å². The highest BCUT2D eigenvalue weighted by Gasteiger charge is 2.52. The van der Waals surface area contributed by atoms with Gasteiger partial charge in [0.05, 0.1) is 24.4 Å². The number of pyridine rings is 1. The van der Waals surface area contributed by atoms with Crippen LogP contribution in [0.3, 0.4) is 0 Å². The summed E-state index contributed by atoms with van der Waals surface area (Å²) in [7, 11) is 3.19. The molecule has 1 fully saturated rings. The number of benzene rings is 1. The van der Waals surface area contributed by atoms with Crippen LogP contribution in [0.5, 0.6) is 0 Å². The van der Waals surface area contributed by atoms with E-state index < -0.39 is 11.5 Å². The van der Waals surface area contributed by atoms with Crippen molar-refractivity contribution in [2.75, 3.05) is 12.4 Å². The Balaban J connectivity index is 1.51. The van der Waals surface area contributed by atoms with Crippen LogP contribution in [-0.4, -0.2) is 40.0 Å². The first-order valence-electron chi connectivity index (χ1n) is 11.4. The fraction of sp³-hybridized carbons (Fsp3) is 0.385. The zero-order chi connectivity index (χ0) is 24.5. The van der Waals surface area contributed by atoms with Crippen molar-refractivity contribution in [3.8, 4) is 22.4 Å². The fourth-order valence-corrected chi connectivity index (χ4v) is 3.83. The van der Waals surface area contributed by atoms with Crippen LogP contribution in [0.1, 0.15) is 39.2 Å². The van der Waals surface area contributed by atoms with Gasteiger partial charge in [-0.05, 0) is 42.9 Å². The van der Waals surface area contributed by atoms with Gasteiger partial charge in [-0.25, -0.2) is 4.79 Å². The number of hydrogen-bond donors (Lipinski definition) is 1. The second-order valence-corrected chi connectivity index (χ2v) is 9.09. The van der Waals surface area contributed by atoms with E-state index in [1.807, 2.05) is 57.2 Å². The molecular formula is C26H30N4O4. The Kier molecular flexibility index (Phi) is 6.41. The van der Waals surface area contributed by atoms with Crippen LogP contribution in [0.15, 0.2) is 48.8 Å². The maximum Gasteiger partial charge on any atom is 0.413 e. The SMILES string of the molecule is COC(=O)C1(c2ccc(-c3ccc(-c4cnn(C)c4NC(=O)OC(C)C(C)C)cc3)nc2)CC1. The second-order valence-electron chi connectivity index (χ2n) is 9.09. The Hall–Kier alpha value is -3.68. The van der Waals surface area contributed by atoms with Gasteiger partial charge in [-0.2, -0.15) is 5.10 Å². The van der Waals surface area contributed by atoms with E-state index >= 15 is 0 Å². The largest absolute Gasteiger partial charge is 0.468 e. The highest BCUT2D eigenvalue weighted by Crippen LogP contribution is 2.49. The molecule has 0 radical (unpaired) electrons. The van der Waals surface area contributed by atoms with Gasteiger partial charge < -0.3 is 9.47 Å². The number of rotatable bonds is 7. The van der Waals surface area contributed by atoms with Gasteiger partial charge in [0.15, 0.2) is 0 Å². The Morgan fingerprint density at radius 2 is 1.71 bits per heavy atom. The molecule has 8 nitrogen and oxygen atoms in total. The number of nitrogens with one attached hydrogen (secondary N) is 1. The predicted molar refractivity (Wildman–Crippen MR) is 129 cm³/mol. The van der Waals surface area contributed by atoms with E-state index in [0.29, 0.717) is 5.82 Å². The van der Waals surface area contributed by atoms with Crippen molar-refractivity contribution in [1.82, 2.24) is 14.8 Å². The molecule has 4 rings (SSSR count). The van der Waals surface area contributed by atoms with Crippen molar-refractivity contribution in [2.45, 2.75) is 45.1 Å². The number of methoxy groups -OCH3 is 1. The number of aromatic nitrogens is 3. The predicted octanol–water partition coefficient (Wildman–Crippen LogP) is 4.95. The van der Waals surface area contributed by atoms with Gasteiger partial charge in [0, 0.05) is 24.4 Å². The van der Waals surface area contributed by atoms with Gasteiger partial charge in [-0.3, -0.25) is 19.8 Å². The summed E-state index contributed by atoms with van der Waals surface area (Å²) < 4.78 is 12.0. The van der Waals surface area contributed by atoms with Crippen molar-refractivity contribution >= 4 is 17.9 Å². The molecule has 1 N–H and O–H groups in total. The molecule has 3 aromatic rings. The highest BCUT2D eigenvalue weighted by atomic mass is 16.6. The monoisotopic (exact) mass is 462 g/mol. The van der Waals surface area contributed by atoms with Crippen LogP contribution in [0, 0.1) is 5.92 Å². The van der Waals surface area contributed by atoms with Gasteiger partial charge in [0.25, 0.3) is 0 Å². The molecule has 1 aliphatic carbocycles. The molecular weight excluding hydrogens is 432 g/mol. The van der Waals surface area contributed by atoms with Crippen LogP contribution in [0.4, 0.5) is 10.6 Å². The molecule has 0 saturated heterocycles. The summed E-state index contributed by atoms with van der Waals surface area (Å²) >= 11 is 0. The van der Waals surface area contributed by atoms with Crippen LogP contribution in [0.25, 0.3) is 22.4 Å². The lowest BCUT2D eigenvalue weighted by Crippen LogP contribution is -2.25. The van der Waals surface area contributed by atoms with Gasteiger partial charge in [-0.15, -0.1) is 0 Å². The summed E-state index contributed by atoms with van der Waals surface area (Å²) in [6.07, 6.45) is 4.36. The first kappa shape index (κ1) is 23.5. The molecule has 2 heterocycles. The normalized spacial score (nSPS) is 15.0.